The van der Waals surface area contributed by atoms with Crippen molar-refractivity contribution in [2.24, 2.45) is 0 Å². The monoisotopic (exact) mass is 510 g/mol. The zero-order chi connectivity index (χ0) is 25.6. The van der Waals surface area contributed by atoms with Gasteiger partial charge in [-0.2, -0.15) is 0 Å². The number of carbonyl (C=O) groups excluding carboxylic acids is 2. The molecule has 3 aromatic carbocycles. The Morgan fingerprint density at radius 2 is 1.46 bits per heavy atom. The normalized spacial score (nSPS) is 12.2. The van der Waals surface area contributed by atoms with Crippen molar-refractivity contribution in [1.29, 1.82) is 0 Å². The zero-order valence-corrected chi connectivity index (χ0v) is 22.2. The van der Waals surface area contributed by atoms with Gasteiger partial charge in [0.15, 0.2) is 0 Å². The van der Waals surface area contributed by atoms with E-state index < -0.39 is 11.6 Å². The van der Waals surface area contributed by atoms with Crippen LogP contribution in [0.15, 0.2) is 72.8 Å². The number of rotatable bonds is 8. The van der Waals surface area contributed by atoms with Gasteiger partial charge in [0.25, 0.3) is 0 Å². The van der Waals surface area contributed by atoms with Crippen molar-refractivity contribution >= 4 is 35.0 Å². The first-order valence-electron chi connectivity index (χ1n) is 11.7. The predicted molar refractivity (Wildman–Crippen MR) is 144 cm³/mol. The van der Waals surface area contributed by atoms with Gasteiger partial charge in [-0.05, 0) is 56.5 Å². The maximum absolute atomic E-state index is 13.8. The molecule has 3 aromatic rings. The van der Waals surface area contributed by atoms with Gasteiger partial charge in [-0.1, -0.05) is 89.4 Å². The van der Waals surface area contributed by atoms with Crippen LogP contribution < -0.4 is 5.32 Å². The first-order chi connectivity index (χ1) is 16.5. The fourth-order valence-corrected chi connectivity index (χ4v) is 4.38. The van der Waals surface area contributed by atoms with Crippen molar-refractivity contribution in [3.05, 3.63) is 105 Å². The molecule has 0 aliphatic carbocycles. The van der Waals surface area contributed by atoms with Crippen molar-refractivity contribution < 1.29 is 9.59 Å². The van der Waals surface area contributed by atoms with E-state index in [0.29, 0.717) is 22.0 Å². The van der Waals surface area contributed by atoms with E-state index >= 15 is 0 Å². The Labute approximate surface area is 218 Å². The third-order valence-corrected chi connectivity index (χ3v) is 6.34. The first-order valence-corrected chi connectivity index (χ1v) is 12.4. The Morgan fingerprint density at radius 3 is 2.03 bits per heavy atom. The van der Waals surface area contributed by atoms with Crippen LogP contribution in [-0.4, -0.2) is 28.3 Å². The van der Waals surface area contributed by atoms with Gasteiger partial charge in [0.2, 0.25) is 11.8 Å². The molecule has 4 nitrogen and oxygen atoms in total. The quantitative estimate of drug-likeness (QED) is 0.381. The standard InChI is InChI=1S/C29H32Cl2N2O2/c1-20-13-15-22(16-14-20)19-33(27(34)18-23-24(30)11-8-12-25(23)31)26(28(35)32-29(2,3)4)17-21-9-6-5-7-10-21/h5-16,26H,17-19H2,1-4H3,(H,32,35)/t26-/m0/s1. The molecule has 1 atom stereocenters. The van der Waals surface area contributed by atoms with E-state index in [1.807, 2.05) is 82.3 Å². The second-order valence-electron chi connectivity index (χ2n) is 9.83. The van der Waals surface area contributed by atoms with E-state index in [-0.39, 0.29) is 24.8 Å². The number of benzene rings is 3. The molecule has 0 fully saturated rings. The summed E-state index contributed by atoms with van der Waals surface area (Å²) in [5, 5.41) is 3.93. The molecule has 0 saturated heterocycles. The molecule has 0 heterocycles. The summed E-state index contributed by atoms with van der Waals surface area (Å²) in [6.07, 6.45) is 0.384. The molecule has 1 N–H and O–H groups in total. The van der Waals surface area contributed by atoms with Gasteiger partial charge in [-0.15, -0.1) is 0 Å². The fraction of sp³-hybridized carbons (Fsp3) is 0.310. The van der Waals surface area contributed by atoms with Crippen molar-refractivity contribution in [3.8, 4) is 0 Å². The van der Waals surface area contributed by atoms with E-state index in [4.69, 9.17) is 23.2 Å². The highest BCUT2D eigenvalue weighted by Crippen LogP contribution is 2.26. The van der Waals surface area contributed by atoms with E-state index in [0.717, 1.165) is 16.7 Å². The number of aryl methyl sites for hydroxylation is 1. The smallest absolute Gasteiger partial charge is 0.243 e. The van der Waals surface area contributed by atoms with Crippen LogP contribution in [0.4, 0.5) is 0 Å². The molecule has 6 heteroatoms. The summed E-state index contributed by atoms with van der Waals surface area (Å²) in [6, 6.07) is 22.2. The van der Waals surface area contributed by atoms with Crippen molar-refractivity contribution in [3.63, 3.8) is 0 Å². The lowest BCUT2D eigenvalue weighted by atomic mass is 9.99. The predicted octanol–water partition coefficient (Wildman–Crippen LogP) is 6.40. The number of hydrogen-bond donors (Lipinski definition) is 1. The first kappa shape index (κ1) is 26.8. The summed E-state index contributed by atoms with van der Waals surface area (Å²) >= 11 is 12.8. The molecule has 0 aliphatic rings. The van der Waals surface area contributed by atoms with Gasteiger partial charge in [0.1, 0.15) is 6.04 Å². The maximum Gasteiger partial charge on any atom is 0.243 e. The Morgan fingerprint density at radius 1 is 0.857 bits per heavy atom. The molecule has 0 saturated carbocycles. The molecule has 0 unspecified atom stereocenters. The average molecular weight is 511 g/mol. The SMILES string of the molecule is Cc1ccc(CN(C(=O)Cc2c(Cl)cccc2Cl)[C@@H](Cc2ccccc2)C(=O)NC(C)(C)C)cc1. The third kappa shape index (κ3) is 7.84. The van der Waals surface area contributed by atoms with Gasteiger partial charge < -0.3 is 10.2 Å². The summed E-state index contributed by atoms with van der Waals surface area (Å²) < 4.78 is 0. The molecule has 0 spiro atoms. The molecule has 35 heavy (non-hydrogen) atoms. The van der Waals surface area contributed by atoms with Crippen molar-refractivity contribution in [2.45, 2.75) is 58.7 Å². The lowest BCUT2D eigenvalue weighted by Crippen LogP contribution is -2.54. The second-order valence-corrected chi connectivity index (χ2v) is 10.6. The Kier molecular flexibility index (Phi) is 8.98. The van der Waals surface area contributed by atoms with Crippen LogP contribution >= 0.6 is 23.2 Å². The Balaban J connectivity index is 2.02. The molecule has 184 valence electrons. The summed E-state index contributed by atoms with van der Waals surface area (Å²) in [6.45, 7) is 8.09. The number of nitrogens with one attached hydrogen (secondary N) is 1. The molecule has 2 amide bonds. The summed E-state index contributed by atoms with van der Waals surface area (Å²) in [5.41, 5.74) is 3.15. The van der Waals surface area contributed by atoms with E-state index in [1.54, 1.807) is 23.1 Å². The largest absolute Gasteiger partial charge is 0.350 e. The van der Waals surface area contributed by atoms with Crippen molar-refractivity contribution in [1.82, 2.24) is 10.2 Å². The van der Waals surface area contributed by atoms with E-state index in [9.17, 15) is 9.59 Å². The zero-order valence-electron chi connectivity index (χ0n) is 20.6. The molecular formula is C29H32Cl2N2O2. The topological polar surface area (TPSA) is 49.4 Å². The van der Waals surface area contributed by atoms with E-state index in [2.05, 4.69) is 5.32 Å². The molecule has 0 bridgehead atoms. The van der Waals surface area contributed by atoms with Gasteiger partial charge in [0.05, 0.1) is 6.42 Å². The highest BCUT2D eigenvalue weighted by Gasteiger charge is 2.32. The lowest BCUT2D eigenvalue weighted by Gasteiger charge is -2.34. The van der Waals surface area contributed by atoms with Crippen LogP contribution in [0.25, 0.3) is 0 Å². The van der Waals surface area contributed by atoms with Gasteiger partial charge in [-0.25, -0.2) is 0 Å². The summed E-state index contributed by atoms with van der Waals surface area (Å²) in [5.74, 6) is -0.419. The van der Waals surface area contributed by atoms with Crippen LogP contribution in [0.3, 0.4) is 0 Å². The molecular weight excluding hydrogens is 479 g/mol. The number of amides is 2. The van der Waals surface area contributed by atoms with Crippen LogP contribution in [0.2, 0.25) is 10.0 Å². The lowest BCUT2D eigenvalue weighted by molar-refractivity contribution is -0.141. The van der Waals surface area contributed by atoms with Crippen LogP contribution in [0.5, 0.6) is 0 Å². The molecule has 0 aromatic heterocycles. The number of halogens is 2. The molecule has 0 aliphatic heterocycles. The fourth-order valence-electron chi connectivity index (χ4n) is 3.85. The van der Waals surface area contributed by atoms with Crippen molar-refractivity contribution in [2.75, 3.05) is 0 Å². The van der Waals surface area contributed by atoms with Crippen LogP contribution in [0, 0.1) is 6.92 Å². The minimum atomic E-state index is -0.716. The number of carbonyl (C=O) groups is 2. The van der Waals surface area contributed by atoms with Gasteiger partial charge >= 0.3 is 0 Å². The number of hydrogen-bond acceptors (Lipinski definition) is 2. The minimum absolute atomic E-state index is 0.00153. The van der Waals surface area contributed by atoms with Crippen LogP contribution in [-0.2, 0) is 29.0 Å². The minimum Gasteiger partial charge on any atom is -0.350 e. The van der Waals surface area contributed by atoms with Gasteiger partial charge in [-0.3, -0.25) is 9.59 Å². The molecule has 0 radical (unpaired) electrons. The van der Waals surface area contributed by atoms with Gasteiger partial charge in [0, 0.05) is 28.5 Å². The average Bonchev–Trinajstić information content (AvgIpc) is 2.79. The summed E-state index contributed by atoms with van der Waals surface area (Å²) in [4.78, 5) is 29.1. The molecule has 3 rings (SSSR count). The highest BCUT2D eigenvalue weighted by atomic mass is 35.5. The number of nitrogens with zero attached hydrogens (tertiary/aromatic N) is 1. The Hall–Kier alpha value is -2.82. The summed E-state index contributed by atoms with van der Waals surface area (Å²) in [7, 11) is 0. The second kappa shape index (κ2) is 11.7. The highest BCUT2D eigenvalue weighted by molar-refractivity contribution is 6.36. The maximum atomic E-state index is 13.8. The van der Waals surface area contributed by atoms with E-state index in [1.165, 1.54) is 0 Å². The Bertz CT molecular complexity index is 1140. The van der Waals surface area contributed by atoms with Crippen LogP contribution in [0.1, 0.15) is 43.0 Å². The third-order valence-electron chi connectivity index (χ3n) is 5.63.